The maximum Gasteiger partial charge on any atom is 0.327 e. The van der Waals surface area contributed by atoms with Crippen LogP contribution >= 0.6 is 23.2 Å². The number of nitrogens with zero attached hydrogens (tertiary/aromatic N) is 2. The Morgan fingerprint density at radius 1 is 1.35 bits per heavy atom. The molecule has 7 heteroatoms. The predicted molar refractivity (Wildman–Crippen MR) is 95.1 cm³/mol. The van der Waals surface area contributed by atoms with E-state index in [0.29, 0.717) is 21.2 Å². The minimum Gasteiger partial charge on any atom is -0.353 e. The summed E-state index contributed by atoms with van der Waals surface area (Å²) >= 11 is 12.1. The Balaban J connectivity index is 1.99. The summed E-state index contributed by atoms with van der Waals surface area (Å²) in [5, 5.41) is 4.27. The monoisotopic (exact) mass is 350 g/mol. The van der Waals surface area contributed by atoms with Gasteiger partial charge in [0.05, 0.1) is 28.1 Å². The molecule has 0 aliphatic carbocycles. The van der Waals surface area contributed by atoms with Gasteiger partial charge in [0.2, 0.25) is 0 Å². The second-order valence-electron chi connectivity index (χ2n) is 5.40. The quantitative estimate of drug-likeness (QED) is 0.713. The third-order valence-corrected chi connectivity index (χ3v) is 4.34. The number of halogens is 2. The van der Waals surface area contributed by atoms with Gasteiger partial charge in [-0.1, -0.05) is 30.1 Å². The fraction of sp³-hybridized carbons (Fsp3) is 0.250. The fourth-order valence-electron chi connectivity index (χ4n) is 2.42. The molecule has 0 spiro atoms. The second kappa shape index (κ2) is 6.26. The van der Waals surface area contributed by atoms with Gasteiger partial charge in [0.15, 0.2) is 5.65 Å². The number of nitrogens with one attached hydrogen (secondary N) is 2. The van der Waals surface area contributed by atoms with Gasteiger partial charge in [0.1, 0.15) is 0 Å². The van der Waals surface area contributed by atoms with Crippen LogP contribution in [0.15, 0.2) is 35.3 Å². The summed E-state index contributed by atoms with van der Waals surface area (Å²) in [5.41, 5.74) is 2.64. The number of imidazole rings is 1. The van der Waals surface area contributed by atoms with Crippen molar-refractivity contribution in [2.45, 2.75) is 26.3 Å². The maximum absolute atomic E-state index is 12.1. The van der Waals surface area contributed by atoms with E-state index in [-0.39, 0.29) is 11.7 Å². The molecule has 1 unspecified atom stereocenters. The molecule has 0 aliphatic heterocycles. The Bertz CT molecular complexity index is 916. The molecule has 3 rings (SSSR count). The van der Waals surface area contributed by atoms with E-state index in [1.165, 1.54) is 0 Å². The van der Waals surface area contributed by atoms with Gasteiger partial charge in [-0.2, -0.15) is 0 Å². The summed E-state index contributed by atoms with van der Waals surface area (Å²) in [6, 6.07) is 7.14. The maximum atomic E-state index is 12.1. The summed E-state index contributed by atoms with van der Waals surface area (Å²) in [6.45, 7) is 4.03. The van der Waals surface area contributed by atoms with Crippen molar-refractivity contribution in [2.75, 3.05) is 5.32 Å². The SMILES string of the molecule is CCC(C)n1c(=O)[nH]c2cc(Nc3ccc(Cl)cc3Cl)cnc21. The lowest BCUT2D eigenvalue weighted by Gasteiger charge is -2.11. The van der Waals surface area contributed by atoms with Crippen LogP contribution in [-0.4, -0.2) is 14.5 Å². The smallest absolute Gasteiger partial charge is 0.327 e. The van der Waals surface area contributed by atoms with Crippen LogP contribution in [0.3, 0.4) is 0 Å². The normalized spacial score (nSPS) is 12.5. The number of hydrogen-bond acceptors (Lipinski definition) is 3. The van der Waals surface area contributed by atoms with Crippen molar-refractivity contribution >= 4 is 45.7 Å². The zero-order valence-electron chi connectivity index (χ0n) is 12.7. The van der Waals surface area contributed by atoms with E-state index < -0.39 is 0 Å². The number of benzene rings is 1. The van der Waals surface area contributed by atoms with E-state index >= 15 is 0 Å². The molecule has 0 aliphatic rings. The molecule has 1 atom stereocenters. The number of H-pyrrole nitrogens is 1. The van der Waals surface area contributed by atoms with Gasteiger partial charge >= 0.3 is 5.69 Å². The van der Waals surface area contributed by atoms with Crippen molar-refractivity contribution in [2.24, 2.45) is 0 Å². The van der Waals surface area contributed by atoms with Crippen LogP contribution in [0.1, 0.15) is 26.3 Å². The number of rotatable bonds is 4. The van der Waals surface area contributed by atoms with Crippen LogP contribution in [-0.2, 0) is 0 Å². The highest BCUT2D eigenvalue weighted by atomic mass is 35.5. The molecule has 2 heterocycles. The molecule has 3 aromatic rings. The summed E-state index contributed by atoms with van der Waals surface area (Å²) < 4.78 is 1.67. The highest BCUT2D eigenvalue weighted by molar-refractivity contribution is 6.36. The van der Waals surface area contributed by atoms with Crippen LogP contribution in [0, 0.1) is 0 Å². The minimum absolute atomic E-state index is 0.0910. The highest BCUT2D eigenvalue weighted by Crippen LogP contribution is 2.28. The van der Waals surface area contributed by atoms with E-state index in [2.05, 4.69) is 15.3 Å². The van der Waals surface area contributed by atoms with Crippen LogP contribution in [0.25, 0.3) is 11.2 Å². The fourth-order valence-corrected chi connectivity index (χ4v) is 2.88. The van der Waals surface area contributed by atoms with Crippen LogP contribution in [0.5, 0.6) is 0 Å². The Morgan fingerprint density at radius 3 is 2.83 bits per heavy atom. The molecule has 120 valence electrons. The Labute approximate surface area is 143 Å². The zero-order chi connectivity index (χ0) is 16.6. The van der Waals surface area contributed by atoms with Crippen LogP contribution in [0.2, 0.25) is 10.0 Å². The molecule has 0 saturated heterocycles. The molecule has 1 aromatic carbocycles. The van der Waals surface area contributed by atoms with Crippen LogP contribution < -0.4 is 11.0 Å². The number of hydrogen-bond donors (Lipinski definition) is 2. The summed E-state index contributed by atoms with van der Waals surface area (Å²) in [5.74, 6) is 0. The first-order valence-corrected chi connectivity index (χ1v) is 8.07. The number of anilines is 2. The topological polar surface area (TPSA) is 62.7 Å². The lowest BCUT2D eigenvalue weighted by Crippen LogP contribution is -2.20. The van der Waals surface area contributed by atoms with Crippen LogP contribution in [0.4, 0.5) is 11.4 Å². The Morgan fingerprint density at radius 2 is 2.13 bits per heavy atom. The van der Waals surface area contributed by atoms with Gasteiger partial charge in [-0.25, -0.2) is 9.78 Å². The van der Waals surface area contributed by atoms with Crippen molar-refractivity contribution in [3.05, 3.63) is 51.0 Å². The first kappa shape index (κ1) is 15.9. The molecule has 23 heavy (non-hydrogen) atoms. The van der Waals surface area contributed by atoms with Crippen molar-refractivity contribution in [1.82, 2.24) is 14.5 Å². The van der Waals surface area contributed by atoms with Crippen molar-refractivity contribution in [1.29, 1.82) is 0 Å². The minimum atomic E-state index is -0.150. The standard InChI is InChI=1S/C16H16Cl2N4O/c1-3-9(2)22-15-14(21-16(22)23)7-11(8-19-15)20-13-5-4-10(17)6-12(13)18/h4-9,20H,3H2,1-2H3,(H,21,23). The zero-order valence-corrected chi connectivity index (χ0v) is 14.2. The molecule has 0 amide bonds. The lowest BCUT2D eigenvalue weighted by atomic mass is 10.2. The average Bonchev–Trinajstić information content (AvgIpc) is 2.84. The molecule has 5 nitrogen and oxygen atoms in total. The summed E-state index contributed by atoms with van der Waals surface area (Å²) in [7, 11) is 0. The van der Waals surface area contributed by atoms with Crippen molar-refractivity contribution in [3.8, 4) is 0 Å². The Hall–Kier alpha value is -1.98. The van der Waals surface area contributed by atoms with E-state index in [1.54, 1.807) is 29.0 Å². The average molecular weight is 351 g/mol. The van der Waals surface area contributed by atoms with Gasteiger partial charge in [-0.05, 0) is 37.6 Å². The van der Waals surface area contributed by atoms with Gasteiger partial charge in [-0.15, -0.1) is 0 Å². The van der Waals surface area contributed by atoms with E-state index in [4.69, 9.17) is 23.2 Å². The van der Waals surface area contributed by atoms with E-state index in [9.17, 15) is 4.79 Å². The van der Waals surface area contributed by atoms with Gasteiger partial charge in [-0.3, -0.25) is 4.57 Å². The predicted octanol–water partition coefficient (Wildman–Crippen LogP) is 4.75. The molecular formula is C16H16Cl2N4O. The van der Waals surface area contributed by atoms with E-state index in [1.807, 2.05) is 19.9 Å². The molecule has 0 bridgehead atoms. The molecule has 0 saturated carbocycles. The number of aromatic amines is 1. The number of aromatic nitrogens is 3. The third-order valence-electron chi connectivity index (χ3n) is 3.80. The van der Waals surface area contributed by atoms with Gasteiger partial charge in [0, 0.05) is 11.1 Å². The van der Waals surface area contributed by atoms with Gasteiger partial charge in [0.25, 0.3) is 0 Å². The van der Waals surface area contributed by atoms with Crippen molar-refractivity contribution in [3.63, 3.8) is 0 Å². The summed E-state index contributed by atoms with van der Waals surface area (Å²) in [4.78, 5) is 19.4. The van der Waals surface area contributed by atoms with Crippen molar-refractivity contribution < 1.29 is 0 Å². The molecule has 2 aromatic heterocycles. The largest absolute Gasteiger partial charge is 0.353 e. The first-order chi connectivity index (χ1) is 11.0. The Kier molecular flexibility index (Phi) is 4.33. The third kappa shape index (κ3) is 3.07. The molecule has 0 radical (unpaired) electrons. The number of fused-ring (bicyclic) bond motifs is 1. The second-order valence-corrected chi connectivity index (χ2v) is 6.25. The first-order valence-electron chi connectivity index (χ1n) is 7.32. The summed E-state index contributed by atoms with van der Waals surface area (Å²) in [6.07, 6.45) is 2.54. The number of pyridine rings is 1. The molecular weight excluding hydrogens is 335 g/mol. The van der Waals surface area contributed by atoms with Gasteiger partial charge < -0.3 is 10.3 Å². The molecule has 2 N–H and O–H groups in total. The highest BCUT2D eigenvalue weighted by Gasteiger charge is 2.13. The van der Waals surface area contributed by atoms with E-state index in [0.717, 1.165) is 17.8 Å². The lowest BCUT2D eigenvalue weighted by molar-refractivity contribution is 0.526. The molecule has 0 fully saturated rings.